The molecule has 1 aromatic carbocycles. The fourth-order valence-corrected chi connectivity index (χ4v) is 2.99. The van der Waals surface area contributed by atoms with Gasteiger partial charge in [0, 0.05) is 9.90 Å². The zero-order valence-electron chi connectivity index (χ0n) is 12.3. The summed E-state index contributed by atoms with van der Waals surface area (Å²) in [5.74, 6) is -0.983. The number of amides is 1. The largest absolute Gasteiger partial charge is 0.462 e. The van der Waals surface area contributed by atoms with Gasteiger partial charge in [-0.1, -0.05) is 23.7 Å². The lowest BCUT2D eigenvalue weighted by atomic mass is 10.2. The Morgan fingerprint density at radius 1 is 1.35 bits per heavy atom. The minimum atomic E-state index is -0.509. The van der Waals surface area contributed by atoms with Gasteiger partial charge in [-0.25, -0.2) is 4.79 Å². The number of carbonyl (C=O) groups excluding carboxylic acids is 2. The van der Waals surface area contributed by atoms with Crippen LogP contribution < -0.4 is 5.32 Å². The summed E-state index contributed by atoms with van der Waals surface area (Å²) in [5, 5.41) is 11.8. The van der Waals surface area contributed by atoms with Crippen LogP contribution in [0.2, 0.25) is 5.02 Å². The highest BCUT2D eigenvalue weighted by molar-refractivity contribution is 7.18. The molecule has 0 aliphatic rings. The number of thiophene rings is 1. The number of anilines is 1. The maximum absolute atomic E-state index is 12.1. The van der Waals surface area contributed by atoms with Crippen molar-refractivity contribution in [2.75, 3.05) is 11.9 Å². The number of ether oxygens (including phenoxy) is 1. The number of esters is 1. The summed E-state index contributed by atoms with van der Waals surface area (Å²) < 4.78 is 5.01. The molecule has 1 aromatic heterocycles. The first-order valence-corrected chi connectivity index (χ1v) is 7.98. The van der Waals surface area contributed by atoms with Crippen molar-refractivity contribution < 1.29 is 14.3 Å². The molecule has 7 heteroatoms. The van der Waals surface area contributed by atoms with Crippen LogP contribution in [-0.2, 0) is 9.53 Å². The summed E-state index contributed by atoms with van der Waals surface area (Å²) in [4.78, 5) is 24.8. The van der Waals surface area contributed by atoms with Crippen LogP contribution in [0.4, 0.5) is 5.69 Å². The van der Waals surface area contributed by atoms with Crippen LogP contribution in [0.5, 0.6) is 0 Å². The summed E-state index contributed by atoms with van der Waals surface area (Å²) in [6, 6.07) is 10.6. The van der Waals surface area contributed by atoms with Gasteiger partial charge >= 0.3 is 5.97 Å². The van der Waals surface area contributed by atoms with E-state index in [4.69, 9.17) is 21.6 Å². The van der Waals surface area contributed by atoms with Crippen LogP contribution in [0.25, 0.3) is 10.4 Å². The topological polar surface area (TPSA) is 79.2 Å². The Balaban J connectivity index is 2.38. The van der Waals surface area contributed by atoms with Crippen LogP contribution in [0.15, 0.2) is 30.3 Å². The number of rotatable bonds is 5. The third-order valence-electron chi connectivity index (χ3n) is 2.84. The number of halogens is 1. The lowest BCUT2D eigenvalue weighted by Gasteiger charge is -2.03. The number of carbonyl (C=O) groups is 2. The zero-order chi connectivity index (χ0) is 16.8. The van der Waals surface area contributed by atoms with E-state index >= 15 is 0 Å². The molecule has 23 heavy (non-hydrogen) atoms. The SMILES string of the molecule is CCOC(=O)c1sc(-c2ccc(Cl)cc2)cc1NC(=O)CC#N. The smallest absolute Gasteiger partial charge is 0.350 e. The highest BCUT2D eigenvalue weighted by Crippen LogP contribution is 2.35. The van der Waals surface area contributed by atoms with Gasteiger partial charge in [0.1, 0.15) is 11.3 Å². The van der Waals surface area contributed by atoms with Crippen LogP contribution in [0.3, 0.4) is 0 Å². The fourth-order valence-electron chi connectivity index (χ4n) is 1.85. The van der Waals surface area contributed by atoms with E-state index in [1.807, 2.05) is 12.1 Å². The van der Waals surface area contributed by atoms with Crippen LogP contribution >= 0.6 is 22.9 Å². The molecule has 0 fully saturated rings. The Bertz CT molecular complexity index is 763. The molecule has 1 N–H and O–H groups in total. The Kier molecular flexibility index (Phi) is 5.74. The third-order valence-corrected chi connectivity index (χ3v) is 4.25. The molecule has 1 heterocycles. The van der Waals surface area contributed by atoms with E-state index in [1.54, 1.807) is 31.2 Å². The molecule has 0 spiro atoms. The maximum atomic E-state index is 12.1. The summed E-state index contributed by atoms with van der Waals surface area (Å²) >= 11 is 7.08. The molecule has 0 aliphatic carbocycles. The van der Waals surface area contributed by atoms with Crippen LogP contribution in [0.1, 0.15) is 23.0 Å². The summed E-state index contributed by atoms with van der Waals surface area (Å²) in [5.41, 5.74) is 1.21. The van der Waals surface area contributed by atoms with Crippen LogP contribution in [0, 0.1) is 11.3 Å². The summed E-state index contributed by atoms with van der Waals surface area (Å²) in [6.07, 6.45) is -0.283. The number of hydrogen-bond acceptors (Lipinski definition) is 5. The van der Waals surface area contributed by atoms with E-state index in [-0.39, 0.29) is 13.0 Å². The Morgan fingerprint density at radius 3 is 2.65 bits per heavy atom. The van der Waals surface area contributed by atoms with Gasteiger partial charge < -0.3 is 10.1 Å². The molecule has 0 radical (unpaired) electrons. The van der Waals surface area contributed by atoms with E-state index in [1.165, 1.54) is 11.3 Å². The minimum absolute atomic E-state index is 0.235. The van der Waals surface area contributed by atoms with Gasteiger partial charge in [0.15, 0.2) is 0 Å². The molecule has 2 aromatic rings. The van der Waals surface area contributed by atoms with E-state index < -0.39 is 11.9 Å². The second kappa shape index (κ2) is 7.77. The Labute approximate surface area is 142 Å². The number of hydrogen-bond donors (Lipinski definition) is 1. The first-order valence-electron chi connectivity index (χ1n) is 6.78. The average Bonchev–Trinajstić information content (AvgIpc) is 2.92. The molecule has 0 saturated carbocycles. The second-order valence-corrected chi connectivity index (χ2v) is 5.95. The molecule has 0 saturated heterocycles. The first-order chi connectivity index (χ1) is 11.0. The number of nitrogens with one attached hydrogen (secondary N) is 1. The highest BCUT2D eigenvalue weighted by atomic mass is 35.5. The van der Waals surface area contributed by atoms with Crippen molar-refractivity contribution in [1.82, 2.24) is 0 Å². The van der Waals surface area contributed by atoms with Gasteiger partial charge in [0.25, 0.3) is 0 Å². The van der Waals surface area contributed by atoms with Crippen molar-refractivity contribution in [1.29, 1.82) is 5.26 Å². The molecule has 2 rings (SSSR count). The Hall–Kier alpha value is -2.36. The normalized spacial score (nSPS) is 9.96. The quantitative estimate of drug-likeness (QED) is 0.825. The van der Waals surface area contributed by atoms with Gasteiger partial charge in [-0.15, -0.1) is 11.3 Å². The fraction of sp³-hybridized carbons (Fsp3) is 0.188. The predicted octanol–water partition coefficient (Wildman–Crippen LogP) is 4.10. The van der Waals surface area contributed by atoms with Crippen molar-refractivity contribution in [3.63, 3.8) is 0 Å². The lowest BCUT2D eigenvalue weighted by Crippen LogP contribution is -2.13. The predicted molar refractivity (Wildman–Crippen MR) is 89.6 cm³/mol. The van der Waals surface area contributed by atoms with Gasteiger partial charge in [-0.05, 0) is 30.7 Å². The van der Waals surface area contributed by atoms with Gasteiger partial charge in [0.05, 0.1) is 18.4 Å². The zero-order valence-corrected chi connectivity index (χ0v) is 13.8. The van der Waals surface area contributed by atoms with E-state index in [0.29, 0.717) is 15.6 Å². The van der Waals surface area contributed by atoms with E-state index in [2.05, 4.69) is 5.32 Å². The molecule has 0 unspecified atom stereocenters. The molecule has 118 valence electrons. The maximum Gasteiger partial charge on any atom is 0.350 e. The average molecular weight is 349 g/mol. The standard InChI is InChI=1S/C16H13ClN2O3S/c1-2-22-16(21)15-12(19-14(20)7-8-18)9-13(23-15)10-3-5-11(17)6-4-10/h3-6,9H,2,7H2,1H3,(H,19,20). The van der Waals surface area contributed by atoms with Gasteiger partial charge in [-0.2, -0.15) is 5.26 Å². The van der Waals surface area contributed by atoms with Crippen molar-refractivity contribution in [2.45, 2.75) is 13.3 Å². The third kappa shape index (κ3) is 4.31. The second-order valence-electron chi connectivity index (χ2n) is 4.46. The minimum Gasteiger partial charge on any atom is -0.462 e. The van der Waals surface area contributed by atoms with Crippen molar-refractivity contribution in [3.8, 4) is 16.5 Å². The van der Waals surface area contributed by atoms with E-state index in [9.17, 15) is 9.59 Å². The summed E-state index contributed by atoms with van der Waals surface area (Å²) in [7, 11) is 0. The molecule has 5 nitrogen and oxygen atoms in total. The molecular weight excluding hydrogens is 336 g/mol. The number of nitrogens with zero attached hydrogens (tertiary/aromatic N) is 1. The van der Waals surface area contributed by atoms with Gasteiger partial charge in [-0.3, -0.25) is 4.79 Å². The number of benzene rings is 1. The van der Waals surface area contributed by atoms with Crippen molar-refractivity contribution >= 4 is 40.5 Å². The molecule has 0 aliphatic heterocycles. The molecule has 0 bridgehead atoms. The van der Waals surface area contributed by atoms with Crippen LogP contribution in [-0.4, -0.2) is 18.5 Å². The number of nitriles is 1. The summed E-state index contributed by atoms with van der Waals surface area (Å²) in [6.45, 7) is 1.94. The van der Waals surface area contributed by atoms with E-state index in [0.717, 1.165) is 10.4 Å². The van der Waals surface area contributed by atoms with Crippen molar-refractivity contribution in [3.05, 3.63) is 40.2 Å². The molecule has 0 atom stereocenters. The molecular formula is C16H13ClN2O3S. The monoisotopic (exact) mass is 348 g/mol. The van der Waals surface area contributed by atoms with Gasteiger partial charge in [0.2, 0.25) is 5.91 Å². The first kappa shape index (κ1) is 17.0. The highest BCUT2D eigenvalue weighted by Gasteiger charge is 2.19. The van der Waals surface area contributed by atoms with Crippen molar-refractivity contribution in [2.24, 2.45) is 0 Å². The lowest BCUT2D eigenvalue weighted by molar-refractivity contribution is -0.115. The Morgan fingerprint density at radius 2 is 2.04 bits per heavy atom. The molecule has 1 amide bonds.